The molecule has 0 radical (unpaired) electrons. The van der Waals surface area contributed by atoms with Crippen LogP contribution in [0.4, 0.5) is 5.13 Å². The van der Waals surface area contributed by atoms with Gasteiger partial charge in [-0.2, -0.15) is 11.8 Å². The molecule has 2 aliphatic heterocycles. The Labute approximate surface area is 219 Å². The van der Waals surface area contributed by atoms with Gasteiger partial charge in [-0.1, -0.05) is 16.3 Å². The van der Waals surface area contributed by atoms with Gasteiger partial charge in [-0.05, 0) is 16.7 Å². The molecule has 0 aliphatic carbocycles. The second-order valence-corrected chi connectivity index (χ2v) is 12.3. The van der Waals surface area contributed by atoms with Gasteiger partial charge in [-0.15, -0.1) is 33.1 Å². The van der Waals surface area contributed by atoms with E-state index in [4.69, 9.17) is 11.5 Å². The zero-order chi connectivity index (χ0) is 25.1. The molecule has 186 valence electrons. The normalized spacial score (nSPS) is 20.3. The van der Waals surface area contributed by atoms with Gasteiger partial charge in [-0.3, -0.25) is 14.5 Å². The standard InChI is InChI=1S/C17H18N8O5S5/c18-1-2-31-3-7-16(35-24-22-7)34-8-5-32-14-10(13(27)25(14)11(8)15(28)29)21-12(26)9(23-30)6-4-33-17(19)20-6/h4,9-10,14H,1-3,5,18H2,(H2,19,20)(H,21,26)(H,28,29)/t9?,10-,14+/m1/s1. The predicted molar refractivity (Wildman–Crippen MR) is 136 cm³/mol. The highest BCUT2D eigenvalue weighted by Crippen LogP contribution is 2.46. The quantitative estimate of drug-likeness (QED) is 0.168. The summed E-state index contributed by atoms with van der Waals surface area (Å²) < 4.78 is 4.72. The number of nitrogen functional groups attached to an aromatic ring is 1. The number of aromatic nitrogens is 3. The molecule has 4 rings (SSSR count). The maximum atomic E-state index is 12.9. The predicted octanol–water partition coefficient (Wildman–Crippen LogP) is 1.06. The van der Waals surface area contributed by atoms with Crippen molar-refractivity contribution in [1.29, 1.82) is 0 Å². The summed E-state index contributed by atoms with van der Waals surface area (Å²) >= 11 is 6.35. The van der Waals surface area contributed by atoms with Crippen molar-refractivity contribution in [2.75, 3.05) is 23.8 Å². The number of carboxylic acid groups (broad SMARTS) is 1. The van der Waals surface area contributed by atoms with Crippen molar-refractivity contribution in [1.82, 2.24) is 24.8 Å². The van der Waals surface area contributed by atoms with Gasteiger partial charge in [0, 0.05) is 34.1 Å². The number of aliphatic carboxylic acids is 1. The molecule has 18 heteroatoms. The zero-order valence-corrected chi connectivity index (χ0v) is 21.7. The highest BCUT2D eigenvalue weighted by Gasteiger charge is 2.55. The summed E-state index contributed by atoms with van der Waals surface area (Å²) in [5.41, 5.74) is 11.8. The number of thiazole rings is 1. The topological polar surface area (TPSA) is 207 Å². The monoisotopic (exact) mass is 574 g/mol. The largest absolute Gasteiger partial charge is 0.477 e. The average molecular weight is 575 g/mol. The number of thioether (sulfide) groups is 3. The minimum Gasteiger partial charge on any atom is -0.477 e. The van der Waals surface area contributed by atoms with E-state index >= 15 is 0 Å². The van der Waals surface area contributed by atoms with Crippen LogP contribution in [0.25, 0.3) is 0 Å². The average Bonchev–Trinajstić information content (AvgIpc) is 3.46. The third kappa shape index (κ3) is 5.31. The van der Waals surface area contributed by atoms with Crippen LogP contribution in [-0.2, 0) is 20.1 Å². The summed E-state index contributed by atoms with van der Waals surface area (Å²) in [6, 6.07) is -2.46. The first-order chi connectivity index (χ1) is 16.8. The molecule has 13 nitrogen and oxygen atoms in total. The fourth-order valence-corrected chi connectivity index (χ4v) is 8.12. The van der Waals surface area contributed by atoms with E-state index in [9.17, 15) is 24.4 Å². The number of rotatable bonds is 11. The van der Waals surface area contributed by atoms with E-state index in [2.05, 4.69) is 25.1 Å². The van der Waals surface area contributed by atoms with Crippen LogP contribution in [0.5, 0.6) is 0 Å². The molecule has 6 N–H and O–H groups in total. The van der Waals surface area contributed by atoms with E-state index in [0.717, 1.165) is 43.4 Å². The van der Waals surface area contributed by atoms with Gasteiger partial charge in [0.25, 0.3) is 11.8 Å². The smallest absolute Gasteiger partial charge is 0.353 e. The van der Waals surface area contributed by atoms with Crippen molar-refractivity contribution in [2.24, 2.45) is 10.9 Å². The van der Waals surface area contributed by atoms with Gasteiger partial charge >= 0.3 is 5.97 Å². The number of carboxylic acids is 1. The number of β-lactam (4-membered cyclic amide) rings is 1. The zero-order valence-electron chi connectivity index (χ0n) is 17.7. The second kappa shape index (κ2) is 11.2. The second-order valence-electron chi connectivity index (χ2n) is 7.04. The molecule has 2 aliphatic rings. The fraction of sp³-hybridized carbons (Fsp3) is 0.412. The van der Waals surface area contributed by atoms with Crippen molar-refractivity contribution in [3.05, 3.63) is 32.3 Å². The SMILES string of the molecule is NCCSCc1nnsc1SC1=C(C(=O)O)N2C(=O)[C@@H](NC(=O)C(N=O)c3csc(N)n3)[C@@H]2SC1. The van der Waals surface area contributed by atoms with Gasteiger partial charge in [0.2, 0.25) is 6.04 Å². The van der Waals surface area contributed by atoms with Gasteiger partial charge < -0.3 is 21.9 Å². The fourth-order valence-electron chi connectivity index (χ4n) is 3.29. The molecular weight excluding hydrogens is 557 g/mol. The molecule has 1 fully saturated rings. The molecule has 0 aromatic carbocycles. The first-order valence-electron chi connectivity index (χ1n) is 9.87. The maximum absolute atomic E-state index is 12.9. The lowest BCUT2D eigenvalue weighted by Crippen LogP contribution is -2.70. The van der Waals surface area contributed by atoms with Gasteiger partial charge in [0.15, 0.2) is 5.13 Å². The Bertz CT molecular complexity index is 1190. The Balaban J connectivity index is 1.49. The first-order valence-corrected chi connectivity index (χ1v) is 14.5. The molecule has 2 aromatic heterocycles. The molecular formula is C17H18N8O5S5. The number of hydrogen-bond acceptors (Lipinski definition) is 15. The number of nitrogens with two attached hydrogens (primary N) is 2. The number of nitroso groups, excluding NO2 is 1. The van der Waals surface area contributed by atoms with Crippen LogP contribution < -0.4 is 16.8 Å². The van der Waals surface area contributed by atoms with Crippen molar-refractivity contribution < 1.29 is 19.5 Å². The number of carbonyl (C=O) groups excluding carboxylic acids is 2. The van der Waals surface area contributed by atoms with Crippen molar-refractivity contribution in [3.63, 3.8) is 0 Å². The number of fused-ring (bicyclic) bond motifs is 1. The van der Waals surface area contributed by atoms with E-state index in [1.165, 1.54) is 28.9 Å². The number of nitrogens with one attached hydrogen (secondary N) is 1. The molecule has 1 saturated heterocycles. The third-order valence-electron chi connectivity index (χ3n) is 4.85. The summed E-state index contributed by atoms with van der Waals surface area (Å²) in [4.78, 5) is 54.4. The van der Waals surface area contributed by atoms with E-state index in [1.807, 2.05) is 0 Å². The van der Waals surface area contributed by atoms with Crippen molar-refractivity contribution in [3.8, 4) is 0 Å². The van der Waals surface area contributed by atoms with Gasteiger partial charge in [-0.25, -0.2) is 9.78 Å². The molecule has 4 heterocycles. The maximum Gasteiger partial charge on any atom is 0.353 e. The summed E-state index contributed by atoms with van der Waals surface area (Å²) in [7, 11) is 0. The van der Waals surface area contributed by atoms with Gasteiger partial charge in [0.1, 0.15) is 21.3 Å². The van der Waals surface area contributed by atoms with Crippen LogP contribution in [-0.4, -0.2) is 71.8 Å². The number of carbonyl (C=O) groups is 3. The Kier molecular flexibility index (Phi) is 8.27. The van der Waals surface area contributed by atoms with Gasteiger partial charge in [0.05, 0.1) is 11.4 Å². The number of anilines is 1. The van der Waals surface area contributed by atoms with E-state index < -0.39 is 35.2 Å². The van der Waals surface area contributed by atoms with Crippen LogP contribution in [0.15, 0.2) is 25.4 Å². The lowest BCUT2D eigenvalue weighted by atomic mass is 10.0. The van der Waals surface area contributed by atoms with Crippen LogP contribution in [0, 0.1) is 4.91 Å². The summed E-state index contributed by atoms with van der Waals surface area (Å²) in [5, 5.41) is 20.3. The Morgan fingerprint density at radius 1 is 1.43 bits per heavy atom. The number of amides is 2. The summed E-state index contributed by atoms with van der Waals surface area (Å²) in [6.45, 7) is 0.535. The summed E-state index contributed by atoms with van der Waals surface area (Å²) in [5.74, 6) is -0.992. The third-order valence-corrected chi connectivity index (χ3v) is 10.0. The lowest BCUT2D eigenvalue weighted by Gasteiger charge is -2.49. The number of hydrogen-bond donors (Lipinski definition) is 4. The Hall–Kier alpha value is -2.25. The molecule has 2 amide bonds. The van der Waals surface area contributed by atoms with Crippen LogP contribution in [0.1, 0.15) is 17.4 Å². The molecule has 35 heavy (non-hydrogen) atoms. The van der Waals surface area contributed by atoms with Crippen LogP contribution >= 0.6 is 58.2 Å². The molecule has 0 bridgehead atoms. The van der Waals surface area contributed by atoms with Crippen LogP contribution in [0.2, 0.25) is 0 Å². The van der Waals surface area contributed by atoms with E-state index in [0.29, 0.717) is 23.0 Å². The minimum absolute atomic E-state index is 0.0864. The van der Waals surface area contributed by atoms with Crippen molar-refractivity contribution >= 4 is 81.1 Å². The Morgan fingerprint density at radius 2 is 2.23 bits per heavy atom. The summed E-state index contributed by atoms with van der Waals surface area (Å²) in [6.07, 6.45) is 0. The molecule has 0 saturated carbocycles. The van der Waals surface area contributed by atoms with Crippen molar-refractivity contribution in [2.45, 2.75) is 27.4 Å². The Morgan fingerprint density at radius 3 is 2.89 bits per heavy atom. The molecule has 0 spiro atoms. The lowest BCUT2D eigenvalue weighted by molar-refractivity contribution is -0.150. The first kappa shape index (κ1) is 25.8. The molecule has 3 atom stereocenters. The highest BCUT2D eigenvalue weighted by atomic mass is 32.2. The molecule has 2 aromatic rings. The van der Waals surface area contributed by atoms with E-state index in [-0.39, 0.29) is 16.5 Å². The minimum atomic E-state index is -1.46. The number of nitrogens with zero attached hydrogens (tertiary/aromatic N) is 5. The van der Waals surface area contributed by atoms with Crippen LogP contribution in [0.3, 0.4) is 0 Å². The molecule has 1 unspecified atom stereocenters. The highest BCUT2D eigenvalue weighted by molar-refractivity contribution is 8.07. The van der Waals surface area contributed by atoms with E-state index in [1.54, 1.807) is 11.8 Å².